The Balaban J connectivity index is 0. The summed E-state index contributed by atoms with van der Waals surface area (Å²) in [5.41, 5.74) is 0. The van der Waals surface area contributed by atoms with Crippen molar-refractivity contribution in [3.63, 3.8) is 0 Å². The van der Waals surface area contributed by atoms with Crippen molar-refractivity contribution in [2.24, 2.45) is 0 Å². The molecule has 0 rings (SSSR count). The molecule has 0 aliphatic heterocycles. The van der Waals surface area contributed by atoms with E-state index in [0.29, 0.717) is 12.8 Å². The zero-order chi connectivity index (χ0) is 16.4. The third-order valence-electron chi connectivity index (χ3n) is 3.13. The van der Waals surface area contributed by atoms with E-state index in [0.717, 1.165) is 0 Å². The Bertz CT molecular complexity index is 399. The summed E-state index contributed by atoms with van der Waals surface area (Å²) in [6.45, 7) is 6.24. The van der Waals surface area contributed by atoms with Crippen LogP contribution in [0.1, 0.15) is 46.0 Å². The van der Waals surface area contributed by atoms with Gasteiger partial charge in [-0.1, -0.05) is 0 Å². The van der Waals surface area contributed by atoms with E-state index >= 15 is 0 Å². The molecule has 0 radical (unpaired) electrons. The second kappa shape index (κ2) is 12.7. The molecule has 0 bridgehead atoms. The molecular weight excluding hydrogens is 456 g/mol. The Morgan fingerprint density at radius 3 is 2.09 bits per heavy atom. The Morgan fingerprint density at radius 1 is 1.09 bits per heavy atom. The van der Waals surface area contributed by atoms with Crippen molar-refractivity contribution in [1.82, 2.24) is 10.6 Å². The average Bonchev–Trinajstić information content (AvgIpc) is 2.41. The molecule has 0 saturated heterocycles. The Hall–Kier alpha value is -0.872. The fourth-order valence-electron chi connectivity index (χ4n) is 1.93. The van der Waals surface area contributed by atoms with Gasteiger partial charge in [0.2, 0.25) is 5.91 Å². The van der Waals surface area contributed by atoms with Gasteiger partial charge in [-0.05, 0) is 19.8 Å². The molecule has 1 amide bonds. The Morgan fingerprint density at radius 2 is 1.68 bits per heavy atom. The fraction of sp³-hybridized carbons (Fsp3) is 0.600. The molecular formula is C15H24N2O4W. The first-order valence-corrected chi connectivity index (χ1v) is 6.95. The van der Waals surface area contributed by atoms with Gasteiger partial charge in [-0.3, -0.25) is 21.4 Å². The number of amides is 1. The third kappa shape index (κ3) is 9.96. The van der Waals surface area contributed by atoms with E-state index in [-0.39, 0.29) is 63.6 Å². The topological polar surface area (TPSA) is 92.3 Å². The van der Waals surface area contributed by atoms with Gasteiger partial charge in [0.05, 0.1) is 6.04 Å². The van der Waals surface area contributed by atoms with E-state index in [4.69, 9.17) is 0 Å². The first-order valence-electron chi connectivity index (χ1n) is 6.95. The van der Waals surface area contributed by atoms with Crippen LogP contribution in [0.25, 0.3) is 0 Å². The van der Waals surface area contributed by atoms with Crippen LogP contribution in [0.2, 0.25) is 0 Å². The molecule has 0 aromatic rings. The smallest absolute Gasteiger partial charge is 0.464 e. The number of carbonyl (C=O) groups excluding carboxylic acids is 4. The molecule has 124 valence electrons. The van der Waals surface area contributed by atoms with Crippen LogP contribution in [-0.2, 0) is 40.2 Å². The molecule has 0 heterocycles. The van der Waals surface area contributed by atoms with Crippen molar-refractivity contribution in [3.8, 4) is 0 Å². The quantitative estimate of drug-likeness (QED) is 0.426. The van der Waals surface area contributed by atoms with Crippen molar-refractivity contribution in [3.05, 3.63) is 14.0 Å². The van der Waals surface area contributed by atoms with Crippen molar-refractivity contribution in [2.75, 3.05) is 0 Å². The molecule has 22 heavy (non-hydrogen) atoms. The van der Waals surface area contributed by atoms with Crippen molar-refractivity contribution in [1.29, 1.82) is 0 Å². The van der Waals surface area contributed by atoms with Crippen molar-refractivity contribution >= 4 is 23.3 Å². The zero-order valence-corrected chi connectivity index (χ0v) is 16.1. The molecule has 7 heteroatoms. The number of hydrogen-bond acceptors (Lipinski definition) is 5. The first-order chi connectivity index (χ1) is 9.81. The van der Waals surface area contributed by atoms with Gasteiger partial charge in [0.15, 0.2) is 0 Å². The molecule has 2 unspecified atom stereocenters. The number of carbonyl (C=O) groups is 4. The van der Waals surface area contributed by atoms with E-state index in [1.54, 1.807) is 0 Å². The second-order valence-electron chi connectivity index (χ2n) is 4.97. The van der Waals surface area contributed by atoms with Crippen LogP contribution in [0.4, 0.5) is 0 Å². The van der Waals surface area contributed by atoms with E-state index < -0.39 is 12.1 Å². The summed E-state index contributed by atoms with van der Waals surface area (Å²) in [6, 6.07) is -1.16. The number of rotatable bonds is 11. The van der Waals surface area contributed by atoms with Gasteiger partial charge >= 0.3 is 21.1 Å². The van der Waals surface area contributed by atoms with Gasteiger partial charge < -0.3 is 22.4 Å². The second-order valence-corrected chi connectivity index (χ2v) is 4.97. The van der Waals surface area contributed by atoms with Gasteiger partial charge in [0.1, 0.15) is 17.3 Å². The minimum atomic E-state index is -0.595. The van der Waals surface area contributed by atoms with Crippen molar-refractivity contribution < 1.29 is 40.2 Å². The molecule has 0 saturated carbocycles. The average molecular weight is 480 g/mol. The van der Waals surface area contributed by atoms with Crippen molar-refractivity contribution in [2.45, 2.75) is 58.0 Å². The molecule has 0 aromatic carbocycles. The van der Waals surface area contributed by atoms with Crippen LogP contribution >= 0.6 is 0 Å². The maximum absolute atomic E-state index is 11.8. The van der Waals surface area contributed by atoms with Crippen LogP contribution in [0.5, 0.6) is 0 Å². The number of ketones is 3. The van der Waals surface area contributed by atoms with E-state index in [1.165, 1.54) is 13.8 Å². The van der Waals surface area contributed by atoms with Gasteiger partial charge in [0.25, 0.3) is 0 Å². The van der Waals surface area contributed by atoms with Gasteiger partial charge in [-0.15, -0.1) is 6.42 Å². The largest absolute Gasteiger partial charge is 2.00 e. The number of hydrogen-bond donors (Lipinski definition) is 2. The van der Waals surface area contributed by atoms with Gasteiger partial charge in [-0.25, -0.2) is 0 Å². The maximum Gasteiger partial charge on any atom is 2.00 e. The molecule has 0 aromatic heterocycles. The Kier molecular flexibility index (Phi) is 13.5. The van der Waals surface area contributed by atoms with E-state index in [2.05, 4.69) is 24.6 Å². The zero-order valence-electron chi connectivity index (χ0n) is 13.1. The summed E-state index contributed by atoms with van der Waals surface area (Å²) in [4.78, 5) is 45.6. The summed E-state index contributed by atoms with van der Waals surface area (Å²) in [6.07, 6.45) is 1.30. The normalized spacial score (nSPS) is 12.7. The SMILES string of the molecule is [CH2-]CC(=O)C(CCCC(=O)CC(N[CH2-])C(C)=O)NC(C)=O.[W+2]. The number of nitrogens with one attached hydrogen (secondary N) is 2. The molecule has 0 spiro atoms. The van der Waals surface area contributed by atoms with E-state index in [1.807, 2.05) is 0 Å². The van der Waals surface area contributed by atoms with Gasteiger partial charge in [0, 0.05) is 25.8 Å². The van der Waals surface area contributed by atoms with Crippen LogP contribution in [0, 0.1) is 14.0 Å². The molecule has 2 N–H and O–H groups in total. The minimum absolute atomic E-state index is 0. The standard InChI is InChI=1S/C15H24N2O4.W/c1-5-15(21)13(17-11(3)19)8-6-7-12(20)9-14(16-4)10(2)18;/h13-14,16H,1,4-9H2,2-3H3,(H,17,19);/q-2;+2. The summed E-state index contributed by atoms with van der Waals surface area (Å²) in [7, 11) is 3.41. The summed E-state index contributed by atoms with van der Waals surface area (Å²) in [5.74, 6) is -0.651. The first kappa shape index (κ1) is 23.4. The summed E-state index contributed by atoms with van der Waals surface area (Å²) < 4.78 is 0. The number of Topliss-reactive ketones (excluding diaryl/α,β-unsaturated/α-hetero) is 3. The molecule has 2 atom stereocenters. The maximum atomic E-state index is 11.8. The molecule has 6 nitrogen and oxygen atoms in total. The van der Waals surface area contributed by atoms with Crippen LogP contribution in [-0.4, -0.2) is 35.3 Å². The minimum Gasteiger partial charge on any atom is -0.464 e. The predicted octanol–water partition coefficient (Wildman–Crippen LogP) is 0.750. The molecule has 0 aliphatic rings. The predicted molar refractivity (Wildman–Crippen MR) is 79.0 cm³/mol. The molecule has 0 fully saturated rings. The summed E-state index contributed by atoms with van der Waals surface area (Å²) in [5, 5.41) is 5.10. The van der Waals surface area contributed by atoms with Crippen LogP contribution < -0.4 is 10.6 Å². The van der Waals surface area contributed by atoms with E-state index in [9.17, 15) is 19.2 Å². The summed E-state index contributed by atoms with van der Waals surface area (Å²) >= 11 is 0. The van der Waals surface area contributed by atoms with Crippen LogP contribution in [0.3, 0.4) is 0 Å². The fourth-order valence-corrected chi connectivity index (χ4v) is 1.93. The van der Waals surface area contributed by atoms with Gasteiger partial charge in [-0.2, -0.15) is 0 Å². The molecule has 0 aliphatic carbocycles. The monoisotopic (exact) mass is 480 g/mol. The van der Waals surface area contributed by atoms with Crippen LogP contribution in [0.15, 0.2) is 0 Å². The Labute approximate surface area is 146 Å². The third-order valence-corrected chi connectivity index (χ3v) is 3.13.